The lowest BCUT2D eigenvalue weighted by molar-refractivity contribution is 0.243. The summed E-state index contributed by atoms with van der Waals surface area (Å²) >= 11 is 1.54. The second kappa shape index (κ2) is 4.18. The van der Waals surface area contributed by atoms with Crippen LogP contribution in [0.5, 0.6) is 0 Å². The Labute approximate surface area is 93.3 Å². The third kappa shape index (κ3) is 2.12. The van der Waals surface area contributed by atoms with E-state index in [1.165, 1.54) is 0 Å². The van der Waals surface area contributed by atoms with Crippen molar-refractivity contribution < 1.29 is 4.79 Å². The predicted molar refractivity (Wildman–Crippen MR) is 61.6 cm³/mol. The molecule has 15 heavy (non-hydrogen) atoms. The van der Waals surface area contributed by atoms with Crippen LogP contribution in [0.1, 0.15) is 31.9 Å². The van der Waals surface area contributed by atoms with Crippen LogP contribution in [0, 0.1) is 0 Å². The average molecular weight is 225 g/mol. The first-order valence-electron chi connectivity index (χ1n) is 5.19. The van der Waals surface area contributed by atoms with E-state index < -0.39 is 0 Å². The molecule has 2 amide bonds. The van der Waals surface area contributed by atoms with Gasteiger partial charge in [-0.3, -0.25) is 4.90 Å². The molecule has 0 spiro atoms. The van der Waals surface area contributed by atoms with Crippen molar-refractivity contribution in [2.75, 3.05) is 18.0 Å². The standard InChI is InChI=1S/C10H15N3OS/c1-7(2)8-6-15-10(12-8)13-5-3-4-11-9(13)14/h6-7H,3-5H2,1-2H3,(H,11,14). The molecule has 1 N–H and O–H groups in total. The van der Waals surface area contributed by atoms with Crippen molar-refractivity contribution in [1.29, 1.82) is 0 Å². The van der Waals surface area contributed by atoms with E-state index >= 15 is 0 Å². The monoisotopic (exact) mass is 225 g/mol. The number of nitrogens with one attached hydrogen (secondary N) is 1. The van der Waals surface area contributed by atoms with Crippen LogP contribution in [-0.4, -0.2) is 24.1 Å². The van der Waals surface area contributed by atoms with Crippen molar-refractivity contribution in [2.45, 2.75) is 26.2 Å². The first kappa shape index (κ1) is 10.4. The molecule has 2 heterocycles. The molecule has 0 saturated carbocycles. The molecule has 0 atom stereocenters. The van der Waals surface area contributed by atoms with Crippen LogP contribution >= 0.6 is 11.3 Å². The summed E-state index contributed by atoms with van der Waals surface area (Å²) in [5.74, 6) is 0.419. The molecule has 2 rings (SSSR count). The van der Waals surface area contributed by atoms with Crippen LogP contribution in [0.2, 0.25) is 0 Å². The van der Waals surface area contributed by atoms with E-state index in [0.717, 1.165) is 30.3 Å². The van der Waals surface area contributed by atoms with Gasteiger partial charge in [-0.25, -0.2) is 9.78 Å². The summed E-state index contributed by atoms with van der Waals surface area (Å²) in [6.45, 7) is 5.76. The van der Waals surface area contributed by atoms with Gasteiger partial charge in [-0.1, -0.05) is 13.8 Å². The molecule has 1 aliphatic rings. The van der Waals surface area contributed by atoms with Gasteiger partial charge >= 0.3 is 6.03 Å². The molecule has 1 aliphatic heterocycles. The molecule has 1 aromatic heterocycles. The largest absolute Gasteiger partial charge is 0.338 e. The Morgan fingerprint density at radius 3 is 3.00 bits per heavy atom. The van der Waals surface area contributed by atoms with Gasteiger partial charge in [0.2, 0.25) is 0 Å². The minimum atomic E-state index is -0.0223. The SMILES string of the molecule is CC(C)c1csc(N2CCCNC2=O)n1. The summed E-state index contributed by atoms with van der Waals surface area (Å²) < 4.78 is 0. The lowest BCUT2D eigenvalue weighted by Gasteiger charge is -2.24. The maximum atomic E-state index is 11.6. The molecule has 0 aliphatic carbocycles. The molecule has 5 heteroatoms. The Hall–Kier alpha value is -1.10. The minimum absolute atomic E-state index is 0.0223. The van der Waals surface area contributed by atoms with Crippen LogP contribution in [0.3, 0.4) is 0 Å². The first-order chi connectivity index (χ1) is 7.18. The van der Waals surface area contributed by atoms with Crippen LogP contribution in [0.15, 0.2) is 5.38 Å². The summed E-state index contributed by atoms with van der Waals surface area (Å²) in [5, 5.41) is 5.67. The second-order valence-electron chi connectivity index (χ2n) is 3.95. The number of carbonyl (C=O) groups excluding carboxylic acids is 1. The molecule has 1 saturated heterocycles. The van der Waals surface area contributed by atoms with Gasteiger partial charge < -0.3 is 5.32 Å². The van der Waals surface area contributed by atoms with Crippen molar-refractivity contribution in [2.24, 2.45) is 0 Å². The van der Waals surface area contributed by atoms with Gasteiger partial charge in [0.05, 0.1) is 5.69 Å². The van der Waals surface area contributed by atoms with Gasteiger partial charge in [0, 0.05) is 18.5 Å². The third-order valence-electron chi connectivity index (χ3n) is 2.41. The van der Waals surface area contributed by atoms with Gasteiger partial charge in [0.25, 0.3) is 0 Å². The summed E-state index contributed by atoms with van der Waals surface area (Å²) in [5.41, 5.74) is 1.06. The smallest absolute Gasteiger partial charge is 0.323 e. The number of amides is 2. The van der Waals surface area contributed by atoms with Gasteiger partial charge in [0.15, 0.2) is 5.13 Å². The second-order valence-corrected chi connectivity index (χ2v) is 4.78. The third-order valence-corrected chi connectivity index (χ3v) is 3.29. The van der Waals surface area contributed by atoms with Crippen LogP contribution in [-0.2, 0) is 0 Å². The van der Waals surface area contributed by atoms with E-state index in [1.54, 1.807) is 16.2 Å². The summed E-state index contributed by atoms with van der Waals surface area (Å²) in [7, 11) is 0. The van der Waals surface area contributed by atoms with Crippen molar-refractivity contribution >= 4 is 22.5 Å². The zero-order valence-electron chi connectivity index (χ0n) is 8.99. The lowest BCUT2D eigenvalue weighted by atomic mass is 10.2. The highest BCUT2D eigenvalue weighted by Crippen LogP contribution is 2.25. The fourth-order valence-electron chi connectivity index (χ4n) is 1.48. The van der Waals surface area contributed by atoms with E-state index in [0.29, 0.717) is 5.92 Å². The van der Waals surface area contributed by atoms with Gasteiger partial charge in [-0.05, 0) is 12.3 Å². The van der Waals surface area contributed by atoms with E-state index in [4.69, 9.17) is 0 Å². The molecule has 1 aromatic rings. The number of hydrogen-bond donors (Lipinski definition) is 1. The first-order valence-corrected chi connectivity index (χ1v) is 6.07. The molecule has 0 aromatic carbocycles. The van der Waals surface area contributed by atoms with Gasteiger partial charge in [0.1, 0.15) is 0 Å². The predicted octanol–water partition coefficient (Wildman–Crippen LogP) is 2.19. The molecule has 0 radical (unpaired) electrons. The fourth-order valence-corrected chi connectivity index (χ4v) is 2.49. The Morgan fingerprint density at radius 2 is 2.40 bits per heavy atom. The molecule has 82 valence electrons. The number of aromatic nitrogens is 1. The number of hydrogen-bond acceptors (Lipinski definition) is 3. The average Bonchev–Trinajstić information content (AvgIpc) is 2.67. The molecule has 4 nitrogen and oxygen atoms in total. The summed E-state index contributed by atoms with van der Waals surface area (Å²) in [4.78, 5) is 17.7. The quantitative estimate of drug-likeness (QED) is 0.838. The maximum Gasteiger partial charge on any atom is 0.323 e. The minimum Gasteiger partial charge on any atom is -0.338 e. The van der Waals surface area contributed by atoms with E-state index in [1.807, 2.05) is 5.38 Å². The van der Waals surface area contributed by atoms with Crippen molar-refractivity contribution in [3.8, 4) is 0 Å². The van der Waals surface area contributed by atoms with E-state index in [2.05, 4.69) is 24.1 Å². The van der Waals surface area contributed by atoms with Crippen molar-refractivity contribution in [1.82, 2.24) is 10.3 Å². The highest BCUT2D eigenvalue weighted by molar-refractivity contribution is 7.14. The fraction of sp³-hybridized carbons (Fsp3) is 0.600. The van der Waals surface area contributed by atoms with Crippen LogP contribution < -0.4 is 10.2 Å². The summed E-state index contributed by atoms with van der Waals surface area (Å²) in [6.07, 6.45) is 0.988. The Balaban J connectivity index is 2.17. The Morgan fingerprint density at radius 1 is 1.60 bits per heavy atom. The van der Waals surface area contributed by atoms with Crippen molar-refractivity contribution in [3.05, 3.63) is 11.1 Å². The number of urea groups is 1. The zero-order chi connectivity index (χ0) is 10.8. The number of rotatable bonds is 2. The highest BCUT2D eigenvalue weighted by atomic mass is 32.1. The van der Waals surface area contributed by atoms with Gasteiger partial charge in [-0.2, -0.15) is 0 Å². The van der Waals surface area contributed by atoms with E-state index in [-0.39, 0.29) is 6.03 Å². The maximum absolute atomic E-state index is 11.6. The number of thiazole rings is 1. The summed E-state index contributed by atoms with van der Waals surface area (Å²) in [6, 6.07) is -0.0223. The number of carbonyl (C=O) groups is 1. The van der Waals surface area contributed by atoms with Gasteiger partial charge in [-0.15, -0.1) is 11.3 Å². The topological polar surface area (TPSA) is 45.2 Å². The molecule has 0 bridgehead atoms. The number of anilines is 1. The van der Waals surface area contributed by atoms with Crippen LogP contribution in [0.25, 0.3) is 0 Å². The van der Waals surface area contributed by atoms with Crippen LogP contribution in [0.4, 0.5) is 9.93 Å². The Kier molecular flexibility index (Phi) is 2.90. The molecule has 1 fully saturated rings. The molecular formula is C10H15N3OS. The zero-order valence-corrected chi connectivity index (χ0v) is 9.80. The number of nitrogens with zero attached hydrogens (tertiary/aromatic N) is 2. The Bertz CT molecular complexity index is 361. The van der Waals surface area contributed by atoms with Crippen molar-refractivity contribution in [3.63, 3.8) is 0 Å². The molecular weight excluding hydrogens is 210 g/mol. The normalized spacial score (nSPS) is 17.0. The molecule has 0 unspecified atom stereocenters. The lowest BCUT2D eigenvalue weighted by Crippen LogP contribution is -2.46. The van der Waals surface area contributed by atoms with E-state index in [9.17, 15) is 4.79 Å². The highest BCUT2D eigenvalue weighted by Gasteiger charge is 2.22.